The standard InChI is InChI=1S/C70H102IN3O18/c1-39-23-17-15-18-24-40(2)55(86-12)37-51-29-27-45(7)70(85,92-51)66(81)67(82)74-31-21-20-25-52(74)68(83)91-56(38-53(77)41(3)34-44(6)64(80)65(88-14)63(79)43(5)33-39)42(4)35-50-28-30-54(57(36-50)87-13)90-58(78)26-19-16-22-32-89-69(84)59-46(8)61(72-48(10)75)47(9)62(60(59)71)73-49(11)76/h15,17-18,23-24,34,39,41-43,45,50-52,54-57,64-65,80,85H,16,19-22,25-33,35-38H2,1-14H3,(H,72,75)(H,73,76)/b18-15+,23-17+,40-24+,44-34+/t39-,41-,42-,43-,45-,50+,51+,52+,54-,55+,56+,57-,64-,65+,70-/m1/s1. The predicted octanol–water partition coefficient (Wildman–Crippen LogP) is 10.3. The summed E-state index contributed by atoms with van der Waals surface area (Å²) in [5.74, 6) is -10.4. The number of Topliss-reactive ketones (excluding diaryl/α,β-unsaturated/α-hetero) is 3. The third kappa shape index (κ3) is 21.0. The second-order valence-corrected chi connectivity index (χ2v) is 27.1. The first-order chi connectivity index (χ1) is 43.5. The van der Waals surface area contributed by atoms with Crippen LogP contribution in [-0.2, 0) is 71.5 Å². The first kappa shape index (κ1) is 77.2. The van der Waals surface area contributed by atoms with E-state index in [-0.39, 0.29) is 79.6 Å². The van der Waals surface area contributed by atoms with Gasteiger partial charge in [0.25, 0.3) is 11.7 Å². The lowest BCUT2D eigenvalue weighted by atomic mass is 9.78. The van der Waals surface area contributed by atoms with Gasteiger partial charge in [-0.2, -0.15) is 0 Å². The minimum Gasteiger partial charge on any atom is -0.462 e. The van der Waals surface area contributed by atoms with E-state index in [1.165, 1.54) is 25.9 Å². The molecule has 1 aromatic rings. The van der Waals surface area contributed by atoms with E-state index >= 15 is 0 Å². The molecule has 15 atom stereocenters. The van der Waals surface area contributed by atoms with Crippen LogP contribution in [0.1, 0.15) is 187 Å². The molecule has 21 nitrogen and oxygen atoms in total. The fourth-order valence-electron chi connectivity index (χ4n) is 13.2. The minimum absolute atomic E-state index is 0.0192. The Morgan fingerprint density at radius 3 is 2.15 bits per heavy atom. The Kier molecular flexibility index (Phi) is 30.5. The van der Waals surface area contributed by atoms with Crippen LogP contribution in [0.2, 0.25) is 0 Å². The summed E-state index contributed by atoms with van der Waals surface area (Å²) in [6, 6.07) is -1.21. The molecule has 3 heterocycles. The van der Waals surface area contributed by atoms with Gasteiger partial charge in [0.05, 0.1) is 39.7 Å². The van der Waals surface area contributed by atoms with Gasteiger partial charge >= 0.3 is 17.9 Å². The number of nitrogens with one attached hydrogen (secondary N) is 2. The average molecular weight is 1400 g/mol. The number of hydrogen-bond donors (Lipinski definition) is 4. The number of piperidine rings is 1. The zero-order chi connectivity index (χ0) is 68.3. The van der Waals surface area contributed by atoms with Gasteiger partial charge < -0.3 is 58.9 Å². The number of carbonyl (C=O) groups excluding carboxylic acids is 9. The molecule has 512 valence electrons. The summed E-state index contributed by atoms with van der Waals surface area (Å²) in [6.45, 7) is 18.8. The van der Waals surface area contributed by atoms with Crippen molar-refractivity contribution < 1.29 is 86.5 Å². The van der Waals surface area contributed by atoms with Crippen LogP contribution in [-0.4, -0.2) is 157 Å². The van der Waals surface area contributed by atoms with Crippen LogP contribution < -0.4 is 10.6 Å². The quantitative estimate of drug-likeness (QED) is 0.0299. The molecule has 0 aromatic heterocycles. The topological polar surface area (TPSA) is 286 Å². The highest BCUT2D eigenvalue weighted by Gasteiger charge is 2.53. The first-order valence-electron chi connectivity index (χ1n) is 32.7. The molecule has 0 unspecified atom stereocenters. The number of allylic oxidation sites excluding steroid dienone is 6. The highest BCUT2D eigenvalue weighted by atomic mass is 127. The minimum atomic E-state index is -2.48. The van der Waals surface area contributed by atoms with Gasteiger partial charge in [-0.05, 0) is 174 Å². The normalized spacial score (nSPS) is 31.7. The van der Waals surface area contributed by atoms with Crippen molar-refractivity contribution in [3.05, 3.63) is 67.9 Å². The maximum absolute atomic E-state index is 14.7. The van der Waals surface area contributed by atoms with Crippen LogP contribution in [0, 0.1) is 52.9 Å². The number of rotatable bonds is 16. The predicted molar refractivity (Wildman–Crippen MR) is 355 cm³/mol. The molecule has 2 bridgehead atoms. The first-order valence-corrected chi connectivity index (χ1v) is 33.8. The molecular formula is C70H102IN3O18. The van der Waals surface area contributed by atoms with Gasteiger partial charge in [0.15, 0.2) is 5.78 Å². The van der Waals surface area contributed by atoms with Crippen molar-refractivity contribution in [1.82, 2.24) is 4.90 Å². The lowest BCUT2D eigenvalue weighted by Gasteiger charge is -2.42. The number of halogens is 1. The molecule has 0 radical (unpaired) electrons. The largest absolute Gasteiger partial charge is 0.462 e. The van der Waals surface area contributed by atoms with E-state index in [1.54, 1.807) is 61.8 Å². The molecule has 1 saturated carbocycles. The molecule has 0 spiro atoms. The zero-order valence-electron chi connectivity index (χ0n) is 56.5. The lowest BCUT2D eigenvalue weighted by Crippen LogP contribution is -2.61. The summed E-state index contributed by atoms with van der Waals surface area (Å²) in [7, 11) is 4.48. The Bertz CT molecular complexity index is 2880. The fraction of sp³-hybridized carbons (Fsp3) is 0.671. The Labute approximate surface area is 557 Å². The van der Waals surface area contributed by atoms with Crippen molar-refractivity contribution in [2.45, 2.75) is 233 Å². The second kappa shape index (κ2) is 36.4. The summed E-state index contributed by atoms with van der Waals surface area (Å²) in [5, 5.41) is 29.2. The summed E-state index contributed by atoms with van der Waals surface area (Å²) in [6.07, 6.45) is 11.5. The lowest BCUT2D eigenvalue weighted by molar-refractivity contribution is -0.265. The van der Waals surface area contributed by atoms with Crippen molar-refractivity contribution in [2.75, 3.05) is 45.1 Å². The van der Waals surface area contributed by atoms with Crippen LogP contribution in [0.15, 0.2) is 47.6 Å². The van der Waals surface area contributed by atoms with Gasteiger partial charge in [0.1, 0.15) is 36.2 Å². The van der Waals surface area contributed by atoms with Crippen LogP contribution >= 0.6 is 22.6 Å². The number of ether oxygens (including phenoxy) is 7. The van der Waals surface area contributed by atoms with E-state index in [4.69, 9.17) is 33.2 Å². The Balaban J connectivity index is 1.31. The van der Waals surface area contributed by atoms with Crippen LogP contribution in [0.5, 0.6) is 0 Å². The highest BCUT2D eigenvalue weighted by molar-refractivity contribution is 14.1. The third-order valence-corrected chi connectivity index (χ3v) is 19.8. The number of fused-ring (bicyclic) bond motifs is 3. The number of benzene rings is 1. The second-order valence-electron chi connectivity index (χ2n) is 26.0. The monoisotopic (exact) mass is 1400 g/mol. The molecule has 1 aliphatic carbocycles. The summed E-state index contributed by atoms with van der Waals surface area (Å²) < 4.78 is 42.1. The van der Waals surface area contributed by atoms with Crippen LogP contribution in [0.25, 0.3) is 0 Å². The molecule has 3 amide bonds. The Hall–Kier alpha value is -5.50. The number of methoxy groups -OCH3 is 3. The number of aliphatic hydroxyl groups excluding tert-OH is 1. The SMILES string of the molecule is CO[C@H]1C[C@@H]2CC[C@@H](C)[C@@](O)(O2)C(=O)C(=O)N2CCCC[C@H]2C(=O)O[C@H]([C@H](C)C[C@@H]2CC[C@@H](OC(=O)CCCCCOC(=O)c3c(C)c(NC(C)=O)c(C)c(NC(C)=O)c3I)[C@H](OC)C2)CC(=O)[C@H](C)/C=C(\C)[C@@H](O)[C@@H](OC)C(=O)[C@H](C)C[C@H](C)/C=C/C=C/C=C/1C. The van der Waals surface area contributed by atoms with Gasteiger partial charge in [-0.15, -0.1) is 0 Å². The molecular weight excluding hydrogens is 1300 g/mol. The summed E-state index contributed by atoms with van der Waals surface area (Å²) in [5.41, 5.74) is 3.35. The van der Waals surface area contributed by atoms with Crippen molar-refractivity contribution >= 4 is 86.9 Å². The van der Waals surface area contributed by atoms with Crippen molar-refractivity contribution in [3.8, 4) is 0 Å². The maximum Gasteiger partial charge on any atom is 0.339 e. The fourth-order valence-corrected chi connectivity index (χ4v) is 14.3. The molecule has 3 fully saturated rings. The number of carbonyl (C=O) groups is 9. The molecule has 22 heteroatoms. The molecule has 4 N–H and O–H groups in total. The number of esters is 3. The van der Waals surface area contributed by atoms with Gasteiger partial charge in [0, 0.05) is 84.4 Å². The number of unbranched alkanes of at least 4 members (excludes halogenated alkanes) is 2. The molecule has 3 aliphatic heterocycles. The number of anilines is 2. The molecule has 2 saturated heterocycles. The number of ketones is 3. The van der Waals surface area contributed by atoms with E-state index in [0.29, 0.717) is 109 Å². The van der Waals surface area contributed by atoms with E-state index in [9.17, 15) is 53.4 Å². The summed E-state index contributed by atoms with van der Waals surface area (Å²) in [4.78, 5) is 124. The molecule has 1 aromatic carbocycles. The van der Waals surface area contributed by atoms with Crippen LogP contribution in [0.3, 0.4) is 0 Å². The van der Waals surface area contributed by atoms with Crippen LogP contribution in [0.4, 0.5) is 11.4 Å². The number of amides is 3. The van der Waals surface area contributed by atoms with Gasteiger partial charge in [0.2, 0.25) is 17.6 Å². The van der Waals surface area contributed by atoms with E-state index in [2.05, 4.69) is 10.6 Å². The van der Waals surface area contributed by atoms with Crippen molar-refractivity contribution in [3.63, 3.8) is 0 Å². The molecule has 92 heavy (non-hydrogen) atoms. The molecule has 4 aliphatic rings. The van der Waals surface area contributed by atoms with Gasteiger partial charge in [-0.25, -0.2) is 9.59 Å². The molecule has 5 rings (SSSR count). The number of nitrogens with zero attached hydrogens (tertiary/aromatic N) is 1. The number of hydrogen-bond acceptors (Lipinski definition) is 18. The smallest absolute Gasteiger partial charge is 0.339 e. The Morgan fingerprint density at radius 1 is 0.793 bits per heavy atom. The Morgan fingerprint density at radius 2 is 1.49 bits per heavy atom. The van der Waals surface area contributed by atoms with Crippen molar-refractivity contribution in [2.24, 2.45) is 35.5 Å². The maximum atomic E-state index is 14.7. The van der Waals surface area contributed by atoms with E-state index < -0.39 is 108 Å². The highest BCUT2D eigenvalue weighted by Crippen LogP contribution is 2.40. The average Bonchev–Trinajstić information content (AvgIpc) is 0.888. The zero-order valence-corrected chi connectivity index (χ0v) is 58.7. The number of cyclic esters (lactones) is 1. The third-order valence-electron chi connectivity index (χ3n) is 18.7. The summed E-state index contributed by atoms with van der Waals surface area (Å²) >= 11 is 1.99. The number of aliphatic hydroxyl groups is 2. The van der Waals surface area contributed by atoms with Gasteiger partial charge in [-0.1, -0.05) is 71.1 Å². The van der Waals surface area contributed by atoms with E-state index in [0.717, 1.165) is 5.57 Å². The van der Waals surface area contributed by atoms with E-state index in [1.807, 2.05) is 73.7 Å². The van der Waals surface area contributed by atoms with Crippen molar-refractivity contribution in [1.29, 1.82) is 0 Å². The van der Waals surface area contributed by atoms with Gasteiger partial charge in [-0.3, -0.25) is 33.6 Å².